The van der Waals surface area contributed by atoms with Crippen LogP contribution < -0.4 is 5.43 Å². The summed E-state index contributed by atoms with van der Waals surface area (Å²) in [6.45, 7) is 4.45. The van der Waals surface area contributed by atoms with Gasteiger partial charge in [0.15, 0.2) is 0 Å². The van der Waals surface area contributed by atoms with E-state index in [2.05, 4.69) is 10.4 Å². The fourth-order valence-corrected chi connectivity index (χ4v) is 3.66. The van der Waals surface area contributed by atoms with Crippen molar-refractivity contribution in [2.45, 2.75) is 18.2 Å². The van der Waals surface area contributed by atoms with Crippen LogP contribution in [0.25, 0.3) is 0 Å². The number of hydrogen-bond acceptors (Lipinski definition) is 5. The quantitative estimate of drug-likeness (QED) is 0.820. The third-order valence-electron chi connectivity index (χ3n) is 1.59. The van der Waals surface area contributed by atoms with Gasteiger partial charge in [-0.3, -0.25) is 0 Å². The van der Waals surface area contributed by atoms with Crippen LogP contribution in [0.4, 0.5) is 0 Å². The van der Waals surface area contributed by atoms with E-state index >= 15 is 0 Å². The number of halogens is 1. The Hall–Kier alpha value is -0.210. The highest BCUT2D eigenvalue weighted by Gasteiger charge is 2.25. The number of rotatable bonds is 5. The van der Waals surface area contributed by atoms with Crippen LogP contribution in [-0.4, -0.2) is 30.9 Å². The van der Waals surface area contributed by atoms with Gasteiger partial charge in [-0.25, -0.2) is 18.8 Å². The minimum atomic E-state index is -3.55. The van der Waals surface area contributed by atoms with Gasteiger partial charge in [-0.2, -0.15) is 0 Å². The molecule has 0 aliphatic heterocycles. The van der Waals surface area contributed by atoms with Crippen molar-refractivity contribution in [3.05, 3.63) is 10.5 Å². The molecule has 0 aliphatic rings. The Labute approximate surface area is 98.1 Å². The summed E-state index contributed by atoms with van der Waals surface area (Å²) in [5.41, 5.74) is 2.75. The maximum atomic E-state index is 11.9. The molecular formula is C7H12ClN3O2S2. The molecule has 1 aromatic heterocycles. The highest BCUT2D eigenvalue weighted by molar-refractivity contribution is 7.91. The lowest BCUT2D eigenvalue weighted by Gasteiger charge is -2.18. The molecule has 8 heteroatoms. The molecule has 0 radical (unpaired) electrons. The van der Waals surface area contributed by atoms with Crippen molar-refractivity contribution in [1.82, 2.24) is 14.8 Å². The van der Waals surface area contributed by atoms with Crippen LogP contribution in [0, 0.1) is 0 Å². The summed E-state index contributed by atoms with van der Waals surface area (Å²) in [5.74, 6) is 0. The largest absolute Gasteiger partial charge is 0.283 e. The Balaban J connectivity index is 3.00. The molecule has 0 bridgehead atoms. The first-order valence-corrected chi connectivity index (χ1v) is 7.09. The predicted octanol–water partition coefficient (Wildman–Crippen LogP) is 1.33. The zero-order valence-corrected chi connectivity index (χ0v) is 10.8. The first-order chi connectivity index (χ1) is 7.02. The van der Waals surface area contributed by atoms with E-state index in [1.165, 1.54) is 5.38 Å². The van der Waals surface area contributed by atoms with Crippen LogP contribution in [0.15, 0.2) is 9.72 Å². The minimum absolute atomic E-state index is 0.00954. The number of nitrogens with zero attached hydrogens (tertiary/aromatic N) is 2. The summed E-state index contributed by atoms with van der Waals surface area (Å²) < 4.78 is 25.0. The number of sulfonamides is 1. The Morgan fingerprint density at radius 1 is 1.60 bits per heavy atom. The van der Waals surface area contributed by atoms with E-state index in [-0.39, 0.29) is 9.49 Å². The van der Waals surface area contributed by atoms with E-state index in [0.29, 0.717) is 13.1 Å². The lowest BCUT2D eigenvalue weighted by Crippen LogP contribution is -2.42. The predicted molar refractivity (Wildman–Crippen MR) is 60.4 cm³/mol. The maximum Gasteiger partial charge on any atom is 0.283 e. The highest BCUT2D eigenvalue weighted by atomic mass is 35.5. The molecule has 1 aromatic rings. The van der Waals surface area contributed by atoms with Crippen molar-refractivity contribution in [3.63, 3.8) is 0 Å². The molecule has 0 amide bonds. The lowest BCUT2D eigenvalue weighted by molar-refractivity contribution is 0.337. The fourth-order valence-electron chi connectivity index (χ4n) is 0.995. The maximum absolute atomic E-state index is 11.9. The highest BCUT2D eigenvalue weighted by Crippen LogP contribution is 2.21. The van der Waals surface area contributed by atoms with Crippen LogP contribution >= 0.6 is 22.9 Å². The number of thiazole rings is 1. The zero-order valence-electron chi connectivity index (χ0n) is 8.40. The molecule has 0 aromatic carbocycles. The van der Waals surface area contributed by atoms with Crippen LogP contribution in [0.2, 0.25) is 5.15 Å². The molecule has 0 aliphatic carbocycles. The van der Waals surface area contributed by atoms with Gasteiger partial charge in [-0.05, 0) is 6.92 Å². The number of nitrogens with one attached hydrogen (secondary N) is 1. The third-order valence-corrected chi connectivity index (χ3v) is 4.97. The smallest absolute Gasteiger partial charge is 0.241 e. The molecule has 1 heterocycles. The molecule has 1 N–H and O–H groups in total. The second-order valence-corrected chi connectivity index (χ2v) is 5.90. The van der Waals surface area contributed by atoms with Gasteiger partial charge in [0.05, 0.1) is 0 Å². The van der Waals surface area contributed by atoms with Gasteiger partial charge in [0, 0.05) is 18.5 Å². The van der Waals surface area contributed by atoms with Gasteiger partial charge in [0.1, 0.15) is 5.15 Å². The molecule has 0 saturated carbocycles. The molecule has 0 fully saturated rings. The normalized spacial score (nSPS) is 12.3. The average Bonchev–Trinajstić information content (AvgIpc) is 2.61. The van der Waals surface area contributed by atoms with E-state index in [0.717, 1.165) is 15.8 Å². The molecule has 5 nitrogen and oxygen atoms in total. The summed E-state index contributed by atoms with van der Waals surface area (Å²) in [6.07, 6.45) is 0. The molecule has 0 spiro atoms. The van der Waals surface area contributed by atoms with Crippen molar-refractivity contribution >= 4 is 33.0 Å². The van der Waals surface area contributed by atoms with Crippen LogP contribution in [0.1, 0.15) is 13.8 Å². The van der Waals surface area contributed by atoms with Crippen LogP contribution in [-0.2, 0) is 10.0 Å². The van der Waals surface area contributed by atoms with E-state index < -0.39 is 10.0 Å². The second-order valence-electron chi connectivity index (χ2n) is 2.62. The standard InChI is InChI=1S/C7H12ClN3O2S2/c1-3-9-11(4-2)15(12,13)7-10-6(8)5-14-7/h5,9H,3-4H2,1-2H3. The SMILES string of the molecule is CCNN(CC)S(=O)(=O)c1nc(Cl)cs1. The Kier molecular flexibility index (Phi) is 4.47. The van der Waals surface area contributed by atoms with Crippen molar-refractivity contribution < 1.29 is 8.42 Å². The monoisotopic (exact) mass is 269 g/mol. The molecular weight excluding hydrogens is 258 g/mol. The van der Waals surface area contributed by atoms with Crippen molar-refractivity contribution in [2.24, 2.45) is 0 Å². The number of hydrogen-bond donors (Lipinski definition) is 1. The van der Waals surface area contributed by atoms with Crippen LogP contribution in [0.3, 0.4) is 0 Å². The Bertz CT molecular complexity index is 418. The van der Waals surface area contributed by atoms with Gasteiger partial charge < -0.3 is 0 Å². The minimum Gasteiger partial charge on any atom is -0.241 e. The molecule has 1 rings (SSSR count). The van der Waals surface area contributed by atoms with E-state index in [4.69, 9.17) is 11.6 Å². The summed E-state index contributed by atoms with van der Waals surface area (Å²) in [4.78, 5) is 3.75. The average molecular weight is 270 g/mol. The van der Waals surface area contributed by atoms with Crippen molar-refractivity contribution in [3.8, 4) is 0 Å². The molecule has 0 unspecified atom stereocenters. The lowest BCUT2D eigenvalue weighted by atomic mass is 10.8. The summed E-state index contributed by atoms with van der Waals surface area (Å²) in [6, 6.07) is 0. The molecule has 86 valence electrons. The zero-order chi connectivity index (χ0) is 11.5. The van der Waals surface area contributed by atoms with Gasteiger partial charge in [0.25, 0.3) is 10.0 Å². The third kappa shape index (κ3) is 2.88. The first-order valence-electron chi connectivity index (χ1n) is 4.39. The molecule has 15 heavy (non-hydrogen) atoms. The van der Waals surface area contributed by atoms with Crippen LogP contribution in [0.5, 0.6) is 0 Å². The van der Waals surface area contributed by atoms with Gasteiger partial charge in [-0.1, -0.05) is 18.5 Å². The van der Waals surface area contributed by atoms with Gasteiger partial charge >= 0.3 is 0 Å². The second kappa shape index (κ2) is 5.22. The molecule has 0 saturated heterocycles. The topological polar surface area (TPSA) is 62.3 Å². The number of aromatic nitrogens is 1. The molecule has 0 atom stereocenters. The van der Waals surface area contributed by atoms with E-state index in [9.17, 15) is 8.42 Å². The first kappa shape index (κ1) is 12.9. The van der Waals surface area contributed by atoms with Crippen molar-refractivity contribution in [2.75, 3.05) is 13.1 Å². The van der Waals surface area contributed by atoms with E-state index in [1.807, 2.05) is 6.92 Å². The Morgan fingerprint density at radius 3 is 2.67 bits per heavy atom. The fraction of sp³-hybridized carbons (Fsp3) is 0.571. The summed E-state index contributed by atoms with van der Waals surface area (Å²) in [7, 11) is -3.55. The summed E-state index contributed by atoms with van der Waals surface area (Å²) >= 11 is 6.60. The van der Waals surface area contributed by atoms with Crippen molar-refractivity contribution in [1.29, 1.82) is 0 Å². The van der Waals surface area contributed by atoms with Gasteiger partial charge in [0.2, 0.25) is 4.34 Å². The number of hydrazine groups is 1. The summed E-state index contributed by atoms with van der Waals surface area (Å²) in [5, 5.41) is 1.69. The van der Waals surface area contributed by atoms with E-state index in [1.54, 1.807) is 6.92 Å². The van der Waals surface area contributed by atoms with Gasteiger partial charge in [-0.15, -0.1) is 15.8 Å². The Morgan fingerprint density at radius 2 is 2.27 bits per heavy atom.